The summed E-state index contributed by atoms with van der Waals surface area (Å²) in [6, 6.07) is 0. The van der Waals surface area contributed by atoms with Crippen molar-refractivity contribution in [3.8, 4) is 0 Å². The number of rotatable bonds is 3. The maximum absolute atomic E-state index is 5.44. The molecule has 2 heteroatoms. The van der Waals surface area contributed by atoms with Crippen LogP contribution < -0.4 is 0 Å². The van der Waals surface area contributed by atoms with Crippen LogP contribution in [0.2, 0.25) is 0 Å². The largest absolute Gasteiger partial charge is 0.353 e. The minimum atomic E-state index is 0.0994. The van der Waals surface area contributed by atoms with Crippen molar-refractivity contribution in [3.63, 3.8) is 0 Å². The van der Waals surface area contributed by atoms with Crippen LogP contribution in [0.5, 0.6) is 0 Å². The van der Waals surface area contributed by atoms with Crippen molar-refractivity contribution >= 4 is 0 Å². The fourth-order valence-corrected chi connectivity index (χ4v) is 0.979. The monoisotopic (exact) mass is 144 g/mol. The second-order valence-corrected chi connectivity index (χ2v) is 3.17. The van der Waals surface area contributed by atoms with Crippen LogP contribution >= 0.6 is 0 Å². The highest BCUT2D eigenvalue weighted by Gasteiger charge is 2.15. The molecule has 10 heavy (non-hydrogen) atoms. The quantitative estimate of drug-likeness (QED) is 0.601. The molecular weight excluding hydrogens is 128 g/mol. The molecule has 0 bridgehead atoms. The maximum atomic E-state index is 5.44. The summed E-state index contributed by atoms with van der Waals surface area (Å²) in [7, 11) is 0. The lowest BCUT2D eigenvalue weighted by Crippen LogP contribution is -2.14. The Morgan fingerprint density at radius 2 is 2.40 bits per heavy atom. The SMILES string of the molecule is CC(C)COC1CCCO1. The van der Waals surface area contributed by atoms with Crippen molar-refractivity contribution in [3.05, 3.63) is 0 Å². The van der Waals surface area contributed by atoms with Crippen LogP contribution in [0.1, 0.15) is 26.7 Å². The smallest absolute Gasteiger partial charge is 0.157 e. The van der Waals surface area contributed by atoms with Crippen molar-refractivity contribution in [1.82, 2.24) is 0 Å². The average Bonchev–Trinajstić information content (AvgIpc) is 2.34. The first kappa shape index (κ1) is 8.02. The van der Waals surface area contributed by atoms with Crippen LogP contribution in [0.3, 0.4) is 0 Å². The van der Waals surface area contributed by atoms with E-state index in [1.54, 1.807) is 0 Å². The molecule has 0 aromatic rings. The highest BCUT2D eigenvalue weighted by atomic mass is 16.7. The summed E-state index contributed by atoms with van der Waals surface area (Å²) in [4.78, 5) is 0. The molecule has 1 fully saturated rings. The summed E-state index contributed by atoms with van der Waals surface area (Å²) in [5.74, 6) is 0.615. The van der Waals surface area contributed by atoms with E-state index in [1.165, 1.54) is 0 Å². The van der Waals surface area contributed by atoms with Crippen LogP contribution in [0, 0.1) is 5.92 Å². The zero-order valence-electron chi connectivity index (χ0n) is 6.80. The number of hydrogen-bond acceptors (Lipinski definition) is 2. The van der Waals surface area contributed by atoms with Gasteiger partial charge in [-0.1, -0.05) is 13.8 Å². The van der Waals surface area contributed by atoms with E-state index in [-0.39, 0.29) is 6.29 Å². The first-order chi connectivity index (χ1) is 4.79. The van der Waals surface area contributed by atoms with Gasteiger partial charge in [-0.2, -0.15) is 0 Å². The third kappa shape index (κ3) is 2.67. The van der Waals surface area contributed by atoms with Gasteiger partial charge in [0.05, 0.1) is 6.61 Å². The van der Waals surface area contributed by atoms with Crippen LogP contribution in [0.25, 0.3) is 0 Å². The summed E-state index contributed by atoms with van der Waals surface area (Å²) in [6.07, 6.45) is 2.33. The number of hydrogen-bond donors (Lipinski definition) is 0. The van der Waals surface area contributed by atoms with Gasteiger partial charge in [0, 0.05) is 13.0 Å². The van der Waals surface area contributed by atoms with Gasteiger partial charge >= 0.3 is 0 Å². The molecule has 1 aliphatic rings. The second kappa shape index (κ2) is 3.94. The molecule has 1 rings (SSSR count). The third-order valence-corrected chi connectivity index (χ3v) is 1.50. The lowest BCUT2D eigenvalue weighted by molar-refractivity contribution is -0.117. The predicted molar refractivity (Wildman–Crippen MR) is 39.8 cm³/mol. The van der Waals surface area contributed by atoms with E-state index in [2.05, 4.69) is 13.8 Å². The van der Waals surface area contributed by atoms with Crippen molar-refractivity contribution in [2.75, 3.05) is 13.2 Å². The normalized spacial score (nSPS) is 26.1. The van der Waals surface area contributed by atoms with E-state index >= 15 is 0 Å². The molecular formula is C8H16O2. The summed E-state index contributed by atoms with van der Waals surface area (Å²) >= 11 is 0. The first-order valence-electron chi connectivity index (χ1n) is 4.02. The van der Waals surface area contributed by atoms with Crippen LogP contribution in [-0.2, 0) is 9.47 Å². The van der Waals surface area contributed by atoms with Gasteiger partial charge in [0.2, 0.25) is 0 Å². The standard InChI is InChI=1S/C8H16O2/c1-7(2)6-10-8-4-3-5-9-8/h7-8H,3-6H2,1-2H3. The van der Waals surface area contributed by atoms with Gasteiger partial charge in [-0.25, -0.2) is 0 Å². The minimum Gasteiger partial charge on any atom is -0.353 e. The fraction of sp³-hybridized carbons (Fsp3) is 1.00. The lowest BCUT2D eigenvalue weighted by Gasteiger charge is -2.12. The zero-order chi connectivity index (χ0) is 7.40. The molecule has 1 aliphatic heterocycles. The molecule has 0 N–H and O–H groups in total. The molecule has 0 radical (unpaired) electrons. The summed E-state index contributed by atoms with van der Waals surface area (Å²) in [6.45, 7) is 6.00. The Bertz CT molecular complexity index is 85.3. The zero-order valence-corrected chi connectivity index (χ0v) is 6.80. The van der Waals surface area contributed by atoms with Crippen molar-refractivity contribution in [2.45, 2.75) is 33.0 Å². The first-order valence-corrected chi connectivity index (χ1v) is 4.02. The van der Waals surface area contributed by atoms with E-state index < -0.39 is 0 Å². The molecule has 0 aromatic carbocycles. The van der Waals surface area contributed by atoms with Gasteiger partial charge in [0.1, 0.15) is 0 Å². The van der Waals surface area contributed by atoms with E-state index in [0.717, 1.165) is 26.1 Å². The molecule has 60 valence electrons. The van der Waals surface area contributed by atoms with Gasteiger partial charge in [0.15, 0.2) is 6.29 Å². The lowest BCUT2D eigenvalue weighted by atomic mass is 10.2. The highest BCUT2D eigenvalue weighted by Crippen LogP contribution is 2.13. The van der Waals surface area contributed by atoms with Crippen LogP contribution in [0.15, 0.2) is 0 Å². The van der Waals surface area contributed by atoms with Gasteiger partial charge in [-0.15, -0.1) is 0 Å². The van der Waals surface area contributed by atoms with E-state index in [1.807, 2.05) is 0 Å². The van der Waals surface area contributed by atoms with Crippen molar-refractivity contribution in [2.24, 2.45) is 5.92 Å². The Hall–Kier alpha value is -0.0800. The molecule has 0 aromatic heterocycles. The van der Waals surface area contributed by atoms with Crippen LogP contribution in [-0.4, -0.2) is 19.5 Å². The van der Waals surface area contributed by atoms with E-state index in [4.69, 9.17) is 9.47 Å². The second-order valence-electron chi connectivity index (χ2n) is 3.17. The molecule has 1 unspecified atom stereocenters. The Kier molecular flexibility index (Phi) is 3.16. The molecule has 1 saturated heterocycles. The number of ether oxygens (including phenoxy) is 2. The Balaban J connectivity index is 2.01. The Morgan fingerprint density at radius 3 is 2.90 bits per heavy atom. The highest BCUT2D eigenvalue weighted by molar-refractivity contribution is 4.54. The molecule has 0 aliphatic carbocycles. The average molecular weight is 144 g/mol. The minimum absolute atomic E-state index is 0.0994. The molecule has 0 spiro atoms. The Labute approximate surface area is 62.5 Å². The van der Waals surface area contributed by atoms with Gasteiger partial charge in [-0.3, -0.25) is 0 Å². The molecule has 1 heterocycles. The van der Waals surface area contributed by atoms with E-state index in [0.29, 0.717) is 5.92 Å². The summed E-state index contributed by atoms with van der Waals surface area (Å²) in [5, 5.41) is 0. The molecule has 0 amide bonds. The summed E-state index contributed by atoms with van der Waals surface area (Å²) < 4.78 is 10.7. The molecule has 1 atom stereocenters. The fourth-order valence-electron chi connectivity index (χ4n) is 0.979. The molecule has 2 nitrogen and oxygen atoms in total. The van der Waals surface area contributed by atoms with Crippen molar-refractivity contribution < 1.29 is 9.47 Å². The predicted octanol–water partition coefficient (Wildman–Crippen LogP) is 1.80. The van der Waals surface area contributed by atoms with Gasteiger partial charge in [-0.05, 0) is 12.3 Å². The van der Waals surface area contributed by atoms with Crippen LogP contribution in [0.4, 0.5) is 0 Å². The van der Waals surface area contributed by atoms with E-state index in [9.17, 15) is 0 Å². The van der Waals surface area contributed by atoms with Gasteiger partial charge in [0.25, 0.3) is 0 Å². The summed E-state index contributed by atoms with van der Waals surface area (Å²) in [5.41, 5.74) is 0. The molecule has 0 saturated carbocycles. The maximum Gasteiger partial charge on any atom is 0.157 e. The van der Waals surface area contributed by atoms with Crippen molar-refractivity contribution in [1.29, 1.82) is 0 Å². The Morgan fingerprint density at radius 1 is 1.60 bits per heavy atom. The topological polar surface area (TPSA) is 18.5 Å². The van der Waals surface area contributed by atoms with Gasteiger partial charge < -0.3 is 9.47 Å². The third-order valence-electron chi connectivity index (χ3n) is 1.50.